The van der Waals surface area contributed by atoms with Crippen LogP contribution in [0.4, 0.5) is 228 Å². The van der Waals surface area contributed by atoms with E-state index < -0.39 is 284 Å². The Bertz CT molecular complexity index is 4190. The van der Waals surface area contributed by atoms with Crippen LogP contribution in [0.25, 0.3) is 0 Å². The number of benzene rings is 4. The summed E-state index contributed by atoms with van der Waals surface area (Å²) >= 11 is 0. The van der Waals surface area contributed by atoms with Crippen molar-refractivity contribution in [3.8, 4) is 0 Å². The van der Waals surface area contributed by atoms with Crippen molar-refractivity contribution in [1.82, 2.24) is 4.98 Å². The molecule has 4 aromatic carbocycles. The molecule has 2 aliphatic rings. The first kappa shape index (κ1) is 94.5. The molecule has 1 aromatic heterocycles. The highest BCUT2D eigenvalue weighted by Gasteiger charge is 2.95. The number of hydrogen-bond acceptors (Lipinski definition) is 5. The Labute approximate surface area is 602 Å². The Morgan fingerprint density at radius 3 is 0.526 bits per heavy atom. The van der Waals surface area contributed by atoms with Gasteiger partial charge in [0.25, 0.3) is 0 Å². The van der Waals surface area contributed by atoms with Gasteiger partial charge in [-0.15, -0.1) is 0 Å². The zero-order valence-corrected chi connectivity index (χ0v) is 53.1. The number of aromatic nitrogens is 1. The Balaban J connectivity index is 1.38. The van der Waals surface area contributed by atoms with Gasteiger partial charge >= 0.3 is 143 Å². The summed E-state index contributed by atoms with van der Waals surface area (Å²) in [5.74, 6) is -165. The number of pyridine rings is 1. The van der Waals surface area contributed by atoms with E-state index in [1.807, 2.05) is 0 Å². The fourth-order valence-corrected chi connectivity index (χ4v) is 10.1. The van der Waals surface area contributed by atoms with Crippen molar-refractivity contribution >= 4 is 11.8 Å². The van der Waals surface area contributed by atoms with E-state index in [-0.39, 0.29) is 48.5 Å². The van der Waals surface area contributed by atoms with Gasteiger partial charge in [0, 0.05) is 22.3 Å². The molecule has 5 aromatic rings. The summed E-state index contributed by atoms with van der Waals surface area (Å²) in [5, 5.41) is 0. The lowest BCUT2D eigenvalue weighted by Gasteiger charge is -2.39. The first-order chi connectivity index (χ1) is 51.3. The van der Waals surface area contributed by atoms with Crippen LogP contribution in [-0.2, 0) is 33.2 Å². The molecule has 0 fully saturated rings. The van der Waals surface area contributed by atoms with Crippen LogP contribution in [0.1, 0.15) is 80.2 Å². The summed E-state index contributed by atoms with van der Waals surface area (Å²) < 4.78 is 744. The Morgan fingerprint density at radius 2 is 0.353 bits per heavy atom. The lowest BCUT2D eigenvalue weighted by atomic mass is 9.88. The zero-order valence-electron chi connectivity index (χ0n) is 53.1. The molecule has 0 spiro atoms. The van der Waals surface area contributed by atoms with Gasteiger partial charge in [-0.25, -0.2) is 15.0 Å². The minimum Gasteiger partial charge on any atom is -0.465 e. The van der Waals surface area contributed by atoms with Crippen molar-refractivity contribution in [2.24, 2.45) is 9.98 Å². The zero-order chi connectivity index (χ0) is 90.2. The highest BCUT2D eigenvalue weighted by molar-refractivity contribution is 5.97. The maximum absolute atomic E-state index is 15.4. The first-order valence-corrected chi connectivity index (χ1v) is 29.0. The lowest BCUT2D eigenvalue weighted by Crippen LogP contribution is -2.69. The summed E-state index contributed by atoms with van der Waals surface area (Å²) in [6.45, 7) is 0. The highest BCUT2D eigenvalue weighted by Crippen LogP contribution is 2.68. The normalized spacial score (nSPS) is 19.1. The second-order valence-electron chi connectivity index (χ2n) is 24.2. The molecule has 0 saturated carbocycles. The van der Waals surface area contributed by atoms with Crippen LogP contribution in [0.2, 0.25) is 0 Å². The molecule has 4 unspecified atom stereocenters. The molecular weight excluding hydrogens is 1770 g/mol. The van der Waals surface area contributed by atoms with Crippen molar-refractivity contribution in [2.75, 3.05) is 0 Å². The number of alkyl halides is 52. The Hall–Kier alpha value is -8.67. The van der Waals surface area contributed by atoms with Crippen molar-refractivity contribution in [2.45, 2.75) is 167 Å². The standard InChI is InChI=1S/C59H23F52N3O2/c60-36(61,40(68,69)44(76,77)48(84,85)52(92,93)56(100,101)102)24-12-4-20(5-13-24)30-32(22-8-16-26(17-9-22)38(64,65)42(72,73)46(80,81)50(88,89)54(96,97)58(106,107)108)115-34(113-30)28-2-1-3-29(112-28)35-114-31(21-6-14-25(15-7-21)37(62,63)41(70,71)45(78,79)49(86,87)53(94,95)57(103,104)105)33(116-35)23-10-18-27(19-11-23)39(66,67)43(74,75)47(82,83)51(90,91)55(98,99)59(109,110)111/h1-19,30-33H. The Morgan fingerprint density at radius 1 is 0.190 bits per heavy atom. The van der Waals surface area contributed by atoms with E-state index in [1.54, 1.807) is 0 Å². The van der Waals surface area contributed by atoms with Gasteiger partial charge in [-0.3, -0.25) is 0 Å². The van der Waals surface area contributed by atoms with Crippen LogP contribution in [0.15, 0.2) is 125 Å². The van der Waals surface area contributed by atoms with Crippen molar-refractivity contribution in [3.05, 3.63) is 171 Å². The second-order valence-corrected chi connectivity index (χ2v) is 24.2. The molecule has 0 saturated heterocycles. The van der Waals surface area contributed by atoms with E-state index in [2.05, 4.69) is 15.0 Å². The van der Waals surface area contributed by atoms with Gasteiger partial charge in [-0.2, -0.15) is 228 Å². The summed E-state index contributed by atoms with van der Waals surface area (Å²) in [6.07, 6.45) is -37.0. The van der Waals surface area contributed by atoms with E-state index in [4.69, 9.17) is 9.47 Å². The van der Waals surface area contributed by atoms with E-state index in [0.717, 1.165) is 0 Å². The molecule has 0 bridgehead atoms. The molecule has 0 amide bonds. The van der Waals surface area contributed by atoms with Crippen LogP contribution in [0, 0.1) is 0 Å². The molecule has 0 radical (unpaired) electrons. The number of aliphatic imine (C=N–C) groups is 2. The van der Waals surface area contributed by atoms with Crippen molar-refractivity contribution in [1.29, 1.82) is 0 Å². The van der Waals surface area contributed by atoms with E-state index in [1.165, 1.54) is 0 Å². The lowest BCUT2D eigenvalue weighted by molar-refractivity contribution is -0.441. The third-order valence-electron chi connectivity index (χ3n) is 16.9. The van der Waals surface area contributed by atoms with Gasteiger partial charge in [0.05, 0.1) is 0 Å². The monoisotopic (exact) mass is 1790 g/mol. The maximum atomic E-state index is 15.4. The SMILES string of the molecule is FC(F)(F)C(F)(F)C(F)(F)C(F)(F)C(F)(F)C(F)(F)c1ccc(C2N=C(c3cccc(C4=NC(c5ccc(C(F)(F)C(F)(F)C(F)(F)C(F)(F)C(F)(F)C(F)(F)F)cc5)C(c5ccc(C(F)(F)C(F)(F)C(F)(F)C(F)(F)C(F)(F)C(F)(F)F)cc5)O4)n3)OC2c2ccc(C(F)(F)C(F)(F)C(F)(F)C(F)(F)C(F)(F)C(F)(F)F)cc2)cc1. The van der Waals surface area contributed by atoms with E-state index >= 15 is 35.1 Å². The fraction of sp³-hybridized carbons (Fsp3) is 0.475. The van der Waals surface area contributed by atoms with Crippen LogP contribution in [0.3, 0.4) is 0 Å². The van der Waals surface area contributed by atoms with Gasteiger partial charge in [0.15, 0.2) is 12.2 Å². The molecule has 116 heavy (non-hydrogen) atoms. The number of hydrogen-bond donors (Lipinski definition) is 0. The number of nitrogens with zero attached hydrogens (tertiary/aromatic N) is 3. The van der Waals surface area contributed by atoms with Crippen LogP contribution in [0.5, 0.6) is 0 Å². The quantitative estimate of drug-likeness (QED) is 0.0519. The van der Waals surface area contributed by atoms with Crippen LogP contribution in [-0.4, -0.2) is 136 Å². The molecule has 7 rings (SSSR count). The van der Waals surface area contributed by atoms with Gasteiger partial charge in [0.1, 0.15) is 23.5 Å². The second kappa shape index (κ2) is 27.4. The summed E-state index contributed by atoms with van der Waals surface area (Å²) in [4.78, 5) is 11.3. The van der Waals surface area contributed by atoms with Gasteiger partial charge in [0.2, 0.25) is 11.8 Å². The molecule has 3 heterocycles. The van der Waals surface area contributed by atoms with Gasteiger partial charge < -0.3 is 9.47 Å². The van der Waals surface area contributed by atoms with Crippen LogP contribution < -0.4 is 0 Å². The average Bonchev–Trinajstić information content (AvgIpc) is 0.782. The molecule has 0 aliphatic carbocycles. The molecule has 0 N–H and O–H groups in total. The molecule has 4 atom stereocenters. The first-order valence-electron chi connectivity index (χ1n) is 29.0. The van der Waals surface area contributed by atoms with E-state index in [0.29, 0.717) is 18.2 Å². The minimum atomic E-state index is -8.53. The fourth-order valence-electron chi connectivity index (χ4n) is 10.1. The smallest absolute Gasteiger partial charge is 0.460 e. The Kier molecular flexibility index (Phi) is 22.4. The molecular formula is C59H23F52N3O2. The summed E-state index contributed by atoms with van der Waals surface area (Å²) in [7, 11) is 0. The summed E-state index contributed by atoms with van der Waals surface area (Å²) in [6, 6.07) is -10.1. The predicted molar refractivity (Wildman–Crippen MR) is 275 cm³/mol. The number of rotatable bonds is 26. The van der Waals surface area contributed by atoms with E-state index in [9.17, 15) is 193 Å². The molecule has 650 valence electrons. The third-order valence-corrected chi connectivity index (χ3v) is 16.9. The molecule has 2 aliphatic heterocycles. The minimum absolute atomic E-state index is 0.166. The van der Waals surface area contributed by atoms with Crippen molar-refractivity contribution in [3.63, 3.8) is 0 Å². The largest absolute Gasteiger partial charge is 0.465 e. The van der Waals surface area contributed by atoms with Gasteiger partial charge in [-0.1, -0.05) is 103 Å². The predicted octanol–water partition coefficient (Wildman–Crippen LogP) is 24.4. The summed E-state index contributed by atoms with van der Waals surface area (Å²) in [5.41, 5.74) is -18.3. The number of ether oxygens (including phenoxy) is 2. The average molecular weight is 1790 g/mol. The topological polar surface area (TPSA) is 56.1 Å². The van der Waals surface area contributed by atoms with Crippen LogP contribution >= 0.6 is 0 Å². The highest BCUT2D eigenvalue weighted by atomic mass is 19.5. The molecule has 57 heteroatoms. The van der Waals surface area contributed by atoms with Gasteiger partial charge in [-0.05, 0) is 34.4 Å². The number of halogens is 52. The maximum Gasteiger partial charge on any atom is 0.460 e. The third kappa shape index (κ3) is 13.3. The molecule has 5 nitrogen and oxygen atoms in total. The van der Waals surface area contributed by atoms with Crippen molar-refractivity contribution < 1.29 is 238 Å².